The van der Waals surface area contributed by atoms with Gasteiger partial charge in [0, 0.05) is 12.5 Å². The highest BCUT2D eigenvalue weighted by atomic mass is 16.5. The van der Waals surface area contributed by atoms with E-state index >= 15 is 0 Å². The summed E-state index contributed by atoms with van der Waals surface area (Å²) >= 11 is 0. The third-order valence-corrected chi connectivity index (χ3v) is 5.46. The summed E-state index contributed by atoms with van der Waals surface area (Å²) < 4.78 is 5.47. The topological polar surface area (TPSA) is 75.6 Å². The largest absolute Gasteiger partial charge is 0.481 e. The molecule has 0 heterocycles. The van der Waals surface area contributed by atoms with Crippen LogP contribution in [0, 0.1) is 11.8 Å². The first-order valence-electron chi connectivity index (χ1n) is 8.95. The Bertz CT molecular complexity index is 796. The third kappa shape index (κ3) is 3.05. The summed E-state index contributed by atoms with van der Waals surface area (Å²) in [5, 5.41) is 11.6. The molecule has 2 aliphatic rings. The van der Waals surface area contributed by atoms with Crippen molar-refractivity contribution in [1.82, 2.24) is 5.32 Å². The predicted molar refractivity (Wildman–Crippen MR) is 96.9 cm³/mol. The molecule has 0 saturated heterocycles. The molecule has 0 aromatic heterocycles. The second-order valence-electron chi connectivity index (χ2n) is 7.08. The molecule has 1 saturated carbocycles. The number of carboxylic acids is 1. The number of hydrogen-bond acceptors (Lipinski definition) is 3. The molecular formula is C21H21NO4. The van der Waals surface area contributed by atoms with Crippen LogP contribution < -0.4 is 5.32 Å². The maximum atomic E-state index is 12.0. The second kappa shape index (κ2) is 6.83. The SMILES string of the molecule is O=C(NCC1CC(C(=O)O)C1)OCC1c2ccccc2-c2ccccc21. The van der Waals surface area contributed by atoms with Crippen LogP contribution in [0.2, 0.25) is 0 Å². The fraction of sp³-hybridized carbons (Fsp3) is 0.333. The van der Waals surface area contributed by atoms with Crippen molar-refractivity contribution in [3.05, 3.63) is 59.7 Å². The molecule has 2 aliphatic carbocycles. The number of nitrogens with one attached hydrogen (secondary N) is 1. The molecule has 2 aromatic carbocycles. The number of fused-ring (bicyclic) bond motifs is 3. The van der Waals surface area contributed by atoms with E-state index in [9.17, 15) is 9.59 Å². The van der Waals surface area contributed by atoms with E-state index in [0.717, 1.165) is 0 Å². The molecule has 0 unspecified atom stereocenters. The minimum absolute atomic E-state index is 0.0493. The summed E-state index contributed by atoms with van der Waals surface area (Å²) in [5.41, 5.74) is 4.77. The first kappa shape index (κ1) is 16.6. The van der Waals surface area contributed by atoms with Crippen LogP contribution in [-0.2, 0) is 9.53 Å². The van der Waals surface area contributed by atoms with Crippen molar-refractivity contribution in [1.29, 1.82) is 0 Å². The number of carbonyl (C=O) groups is 2. The van der Waals surface area contributed by atoms with Crippen molar-refractivity contribution in [2.24, 2.45) is 11.8 Å². The molecule has 0 bridgehead atoms. The summed E-state index contributed by atoms with van der Waals surface area (Å²) in [6, 6.07) is 16.4. The highest BCUT2D eigenvalue weighted by molar-refractivity contribution is 5.79. The van der Waals surface area contributed by atoms with Gasteiger partial charge in [-0.3, -0.25) is 4.79 Å². The Hall–Kier alpha value is -2.82. The summed E-state index contributed by atoms with van der Waals surface area (Å²) in [4.78, 5) is 22.8. The van der Waals surface area contributed by atoms with E-state index < -0.39 is 12.1 Å². The quantitative estimate of drug-likeness (QED) is 0.862. The fourth-order valence-electron chi connectivity index (χ4n) is 3.98. The predicted octanol–water partition coefficient (Wildman–Crippen LogP) is 3.64. The van der Waals surface area contributed by atoms with E-state index in [2.05, 4.69) is 29.6 Å². The average molecular weight is 351 g/mol. The number of carboxylic acid groups (broad SMARTS) is 1. The van der Waals surface area contributed by atoms with Crippen molar-refractivity contribution in [2.45, 2.75) is 18.8 Å². The smallest absolute Gasteiger partial charge is 0.407 e. The summed E-state index contributed by atoms with van der Waals surface area (Å²) in [7, 11) is 0. The average Bonchev–Trinajstić information content (AvgIpc) is 2.92. The lowest BCUT2D eigenvalue weighted by Crippen LogP contribution is -2.39. The molecule has 1 fully saturated rings. The Morgan fingerprint density at radius 3 is 2.15 bits per heavy atom. The number of hydrogen-bond donors (Lipinski definition) is 2. The van der Waals surface area contributed by atoms with Gasteiger partial charge in [-0.25, -0.2) is 4.79 Å². The Labute approximate surface area is 152 Å². The summed E-state index contributed by atoms with van der Waals surface area (Å²) in [6.45, 7) is 0.767. The zero-order valence-electron chi connectivity index (χ0n) is 14.4. The van der Waals surface area contributed by atoms with E-state index in [1.54, 1.807) is 0 Å². The normalized spacial score (nSPS) is 20.6. The minimum atomic E-state index is -0.748. The number of ether oxygens (including phenoxy) is 1. The Balaban J connectivity index is 1.33. The van der Waals surface area contributed by atoms with Crippen molar-refractivity contribution >= 4 is 12.1 Å². The van der Waals surface area contributed by atoms with Gasteiger partial charge in [-0.1, -0.05) is 48.5 Å². The number of aliphatic carboxylic acids is 1. The van der Waals surface area contributed by atoms with Crippen LogP contribution in [0.5, 0.6) is 0 Å². The summed E-state index contributed by atoms with van der Waals surface area (Å²) in [6.07, 6.45) is 0.809. The van der Waals surface area contributed by atoms with Crippen LogP contribution in [0.1, 0.15) is 29.9 Å². The Morgan fingerprint density at radius 2 is 1.58 bits per heavy atom. The van der Waals surface area contributed by atoms with Gasteiger partial charge in [-0.15, -0.1) is 0 Å². The number of alkyl carbamates (subject to hydrolysis) is 1. The lowest BCUT2D eigenvalue weighted by atomic mass is 9.75. The van der Waals surface area contributed by atoms with Crippen LogP contribution in [-0.4, -0.2) is 30.3 Å². The third-order valence-electron chi connectivity index (χ3n) is 5.46. The maximum absolute atomic E-state index is 12.0. The maximum Gasteiger partial charge on any atom is 0.407 e. The first-order chi connectivity index (χ1) is 12.6. The number of rotatable bonds is 5. The molecule has 4 rings (SSSR count). The van der Waals surface area contributed by atoms with Gasteiger partial charge >= 0.3 is 12.1 Å². The lowest BCUT2D eigenvalue weighted by Gasteiger charge is -2.32. The van der Waals surface area contributed by atoms with Crippen LogP contribution >= 0.6 is 0 Å². The van der Waals surface area contributed by atoms with Gasteiger partial charge in [0.25, 0.3) is 0 Å². The molecule has 26 heavy (non-hydrogen) atoms. The van der Waals surface area contributed by atoms with Crippen molar-refractivity contribution in [2.75, 3.05) is 13.2 Å². The standard InChI is InChI=1S/C21H21NO4/c23-20(24)14-9-13(10-14)11-22-21(25)26-12-19-17-7-3-1-5-15(17)16-6-2-4-8-18(16)19/h1-8,13-14,19H,9-12H2,(H,22,25)(H,23,24). The number of amides is 1. The molecule has 0 atom stereocenters. The van der Waals surface area contributed by atoms with E-state index in [0.29, 0.717) is 26.0 Å². The van der Waals surface area contributed by atoms with Crippen LogP contribution in [0.4, 0.5) is 4.79 Å². The Morgan fingerprint density at radius 1 is 1.00 bits per heavy atom. The fourth-order valence-corrected chi connectivity index (χ4v) is 3.98. The zero-order chi connectivity index (χ0) is 18.1. The monoisotopic (exact) mass is 351 g/mol. The van der Waals surface area contributed by atoms with Gasteiger partial charge < -0.3 is 15.2 Å². The molecule has 2 N–H and O–H groups in total. The van der Waals surface area contributed by atoms with E-state index in [1.165, 1.54) is 22.3 Å². The molecule has 134 valence electrons. The Kier molecular flexibility index (Phi) is 4.37. The first-order valence-corrected chi connectivity index (χ1v) is 8.95. The lowest BCUT2D eigenvalue weighted by molar-refractivity contribution is -0.146. The number of benzene rings is 2. The van der Waals surface area contributed by atoms with Gasteiger partial charge in [-0.05, 0) is 41.0 Å². The second-order valence-corrected chi connectivity index (χ2v) is 7.08. The highest BCUT2D eigenvalue weighted by Gasteiger charge is 2.34. The minimum Gasteiger partial charge on any atom is -0.481 e. The molecular weight excluding hydrogens is 330 g/mol. The number of carbonyl (C=O) groups excluding carboxylic acids is 1. The molecule has 1 amide bonds. The van der Waals surface area contributed by atoms with Gasteiger partial charge in [-0.2, -0.15) is 0 Å². The molecule has 0 spiro atoms. The van der Waals surface area contributed by atoms with Crippen molar-refractivity contribution in [3.8, 4) is 11.1 Å². The van der Waals surface area contributed by atoms with Gasteiger partial charge in [0.15, 0.2) is 0 Å². The van der Waals surface area contributed by atoms with E-state index in [1.807, 2.05) is 24.3 Å². The van der Waals surface area contributed by atoms with Gasteiger partial charge in [0.05, 0.1) is 5.92 Å². The summed E-state index contributed by atoms with van der Waals surface area (Å²) in [5.74, 6) is -0.725. The van der Waals surface area contributed by atoms with E-state index in [4.69, 9.17) is 9.84 Å². The molecule has 2 aromatic rings. The van der Waals surface area contributed by atoms with Crippen molar-refractivity contribution in [3.63, 3.8) is 0 Å². The van der Waals surface area contributed by atoms with E-state index in [-0.39, 0.29) is 17.8 Å². The van der Waals surface area contributed by atoms with Gasteiger partial charge in [0.1, 0.15) is 6.61 Å². The molecule has 0 aliphatic heterocycles. The molecule has 0 radical (unpaired) electrons. The van der Waals surface area contributed by atoms with Crippen LogP contribution in [0.25, 0.3) is 11.1 Å². The molecule has 5 nitrogen and oxygen atoms in total. The highest BCUT2D eigenvalue weighted by Crippen LogP contribution is 2.44. The van der Waals surface area contributed by atoms with Crippen molar-refractivity contribution < 1.29 is 19.4 Å². The van der Waals surface area contributed by atoms with Crippen LogP contribution in [0.15, 0.2) is 48.5 Å². The zero-order valence-corrected chi connectivity index (χ0v) is 14.4. The molecule has 5 heteroatoms. The van der Waals surface area contributed by atoms with Gasteiger partial charge in [0.2, 0.25) is 0 Å². The van der Waals surface area contributed by atoms with Crippen LogP contribution in [0.3, 0.4) is 0 Å².